The number of nitrogens with zero attached hydrogens (tertiary/aromatic N) is 4. The Morgan fingerprint density at radius 3 is 2.56 bits per heavy atom. The van der Waals surface area contributed by atoms with Gasteiger partial charge in [-0.05, 0) is 13.8 Å². The Hall–Kier alpha value is -1.57. The van der Waals surface area contributed by atoms with Crippen LogP contribution in [0, 0.1) is 0 Å². The molecule has 0 saturated carbocycles. The molecule has 1 aromatic rings. The second kappa shape index (κ2) is 7.00. The first-order valence-electron chi connectivity index (χ1n) is 5.56. The van der Waals surface area contributed by atoms with E-state index in [9.17, 15) is 4.79 Å². The zero-order valence-corrected chi connectivity index (χ0v) is 11.5. The first kappa shape index (κ1) is 14.5. The molecule has 0 fully saturated rings. The van der Waals surface area contributed by atoms with Gasteiger partial charge in [-0.3, -0.25) is 4.79 Å². The van der Waals surface area contributed by atoms with Crippen LogP contribution in [0.15, 0.2) is 5.16 Å². The maximum absolute atomic E-state index is 11.0. The summed E-state index contributed by atoms with van der Waals surface area (Å²) in [5.74, 6) is 0.500. The van der Waals surface area contributed by atoms with Gasteiger partial charge in [0.05, 0.1) is 12.9 Å². The third-order valence-corrected chi connectivity index (χ3v) is 3.03. The zero-order valence-electron chi connectivity index (χ0n) is 10.7. The number of nitrogens with two attached hydrogens (primary N) is 1. The summed E-state index contributed by atoms with van der Waals surface area (Å²) in [6, 6.07) is 0. The van der Waals surface area contributed by atoms with Crippen molar-refractivity contribution >= 4 is 29.6 Å². The molecule has 1 aromatic heterocycles. The average Bonchev–Trinajstić information content (AvgIpc) is 2.37. The van der Waals surface area contributed by atoms with Gasteiger partial charge in [-0.1, -0.05) is 11.8 Å². The van der Waals surface area contributed by atoms with E-state index in [1.54, 1.807) is 0 Å². The van der Waals surface area contributed by atoms with E-state index in [2.05, 4.69) is 19.7 Å². The molecule has 100 valence electrons. The fraction of sp³-hybridized carbons (Fsp3) is 0.600. The number of nitrogen functional groups attached to an aromatic ring is 1. The molecule has 0 aliphatic carbocycles. The lowest BCUT2D eigenvalue weighted by molar-refractivity contribution is -0.137. The summed E-state index contributed by atoms with van der Waals surface area (Å²) in [5.41, 5.74) is 5.63. The molecule has 1 rings (SSSR count). The molecule has 0 amide bonds. The molecule has 0 aliphatic rings. The van der Waals surface area contributed by atoms with Gasteiger partial charge in [-0.25, -0.2) is 0 Å². The van der Waals surface area contributed by atoms with Crippen LogP contribution in [0.5, 0.6) is 0 Å². The quantitative estimate of drug-likeness (QED) is 0.592. The molecule has 0 atom stereocenters. The minimum atomic E-state index is -0.330. The summed E-state index contributed by atoms with van der Waals surface area (Å²) < 4.78 is 4.55. The summed E-state index contributed by atoms with van der Waals surface area (Å²) in [4.78, 5) is 25.3. The summed E-state index contributed by atoms with van der Waals surface area (Å²) in [5, 5.41) is 0.426. The van der Waals surface area contributed by atoms with Crippen LogP contribution in [0.3, 0.4) is 0 Å². The van der Waals surface area contributed by atoms with Gasteiger partial charge in [0, 0.05) is 13.1 Å². The molecule has 1 heterocycles. The van der Waals surface area contributed by atoms with Crippen molar-refractivity contribution in [1.82, 2.24) is 15.0 Å². The number of ether oxygens (including phenoxy) is 1. The minimum Gasteiger partial charge on any atom is -0.468 e. The van der Waals surface area contributed by atoms with Crippen LogP contribution in [0.2, 0.25) is 0 Å². The molecule has 2 N–H and O–H groups in total. The molecule has 0 spiro atoms. The largest absolute Gasteiger partial charge is 0.468 e. The Balaban J connectivity index is 2.83. The van der Waals surface area contributed by atoms with Crippen LogP contribution >= 0.6 is 11.8 Å². The maximum Gasteiger partial charge on any atom is 0.316 e. The van der Waals surface area contributed by atoms with E-state index in [1.807, 2.05) is 18.7 Å². The van der Waals surface area contributed by atoms with E-state index in [4.69, 9.17) is 5.73 Å². The number of hydrogen-bond donors (Lipinski definition) is 1. The van der Waals surface area contributed by atoms with Crippen LogP contribution in [0.25, 0.3) is 0 Å². The van der Waals surface area contributed by atoms with E-state index in [0.29, 0.717) is 11.1 Å². The SMILES string of the molecule is CCN(CC)c1nc(N)nc(SCC(=O)OC)n1. The first-order valence-corrected chi connectivity index (χ1v) is 6.55. The second-order valence-corrected chi connectivity index (χ2v) is 4.26. The lowest BCUT2D eigenvalue weighted by Gasteiger charge is -2.18. The minimum absolute atomic E-state index is 0.150. The molecule has 0 saturated heterocycles. The molecule has 0 bridgehead atoms. The predicted molar refractivity (Wildman–Crippen MR) is 70.5 cm³/mol. The highest BCUT2D eigenvalue weighted by Crippen LogP contribution is 2.17. The monoisotopic (exact) mass is 271 g/mol. The number of aromatic nitrogens is 3. The summed E-state index contributed by atoms with van der Waals surface area (Å²) in [6.07, 6.45) is 0. The lowest BCUT2D eigenvalue weighted by Crippen LogP contribution is -2.25. The van der Waals surface area contributed by atoms with Gasteiger partial charge in [0.1, 0.15) is 0 Å². The first-order chi connectivity index (χ1) is 8.60. The standard InChI is InChI=1S/C10H17N5O2S/c1-4-15(5-2)9-12-8(11)13-10(14-9)18-6-7(16)17-3/h4-6H2,1-3H3,(H2,11,12,13,14). The van der Waals surface area contributed by atoms with E-state index < -0.39 is 0 Å². The molecular weight excluding hydrogens is 254 g/mol. The molecule has 0 aliphatic heterocycles. The molecule has 7 nitrogen and oxygen atoms in total. The number of methoxy groups -OCH3 is 1. The summed E-state index contributed by atoms with van der Waals surface area (Å²) in [6.45, 7) is 5.57. The van der Waals surface area contributed by atoms with Crippen LogP contribution in [0.1, 0.15) is 13.8 Å². The van der Waals surface area contributed by atoms with Gasteiger partial charge in [-0.15, -0.1) is 0 Å². The molecular formula is C10H17N5O2S. The molecule has 18 heavy (non-hydrogen) atoms. The van der Waals surface area contributed by atoms with Gasteiger partial charge in [0.2, 0.25) is 11.9 Å². The van der Waals surface area contributed by atoms with E-state index in [0.717, 1.165) is 13.1 Å². The van der Waals surface area contributed by atoms with Gasteiger partial charge in [0.15, 0.2) is 5.16 Å². The fourth-order valence-corrected chi connectivity index (χ4v) is 1.92. The van der Waals surface area contributed by atoms with Crippen LogP contribution in [-0.4, -0.2) is 46.9 Å². The second-order valence-electron chi connectivity index (χ2n) is 3.31. The van der Waals surface area contributed by atoms with Crippen LogP contribution in [0.4, 0.5) is 11.9 Å². The third kappa shape index (κ3) is 4.02. The molecule has 8 heteroatoms. The Labute approximate surface area is 110 Å². The fourth-order valence-electron chi connectivity index (χ4n) is 1.26. The van der Waals surface area contributed by atoms with Crippen molar-refractivity contribution in [3.05, 3.63) is 0 Å². The number of carbonyl (C=O) groups excluding carboxylic acids is 1. The third-order valence-electron chi connectivity index (χ3n) is 2.21. The number of carbonyl (C=O) groups is 1. The van der Waals surface area contributed by atoms with Crippen molar-refractivity contribution in [3.8, 4) is 0 Å². The smallest absolute Gasteiger partial charge is 0.316 e. The van der Waals surface area contributed by atoms with Gasteiger partial charge >= 0.3 is 5.97 Å². The Morgan fingerprint density at radius 1 is 1.33 bits per heavy atom. The van der Waals surface area contributed by atoms with Crippen molar-refractivity contribution in [1.29, 1.82) is 0 Å². The number of esters is 1. The molecule has 0 aromatic carbocycles. The maximum atomic E-state index is 11.0. The van der Waals surface area contributed by atoms with E-state index in [1.165, 1.54) is 18.9 Å². The Morgan fingerprint density at radius 2 is 2.00 bits per heavy atom. The Bertz CT molecular complexity index is 411. The van der Waals surface area contributed by atoms with Crippen LogP contribution < -0.4 is 10.6 Å². The lowest BCUT2D eigenvalue weighted by atomic mass is 10.5. The van der Waals surface area contributed by atoms with Crippen molar-refractivity contribution < 1.29 is 9.53 Å². The van der Waals surface area contributed by atoms with Crippen molar-refractivity contribution in [2.45, 2.75) is 19.0 Å². The number of hydrogen-bond acceptors (Lipinski definition) is 8. The van der Waals surface area contributed by atoms with Crippen molar-refractivity contribution in [3.63, 3.8) is 0 Å². The number of anilines is 2. The zero-order chi connectivity index (χ0) is 13.5. The predicted octanol–water partition coefficient (Wildman–Crippen LogP) is 0.565. The Kier molecular flexibility index (Phi) is 5.63. The summed E-state index contributed by atoms with van der Waals surface area (Å²) in [7, 11) is 1.34. The number of rotatable bonds is 6. The molecule has 0 unspecified atom stereocenters. The average molecular weight is 271 g/mol. The van der Waals surface area contributed by atoms with Crippen LogP contribution in [-0.2, 0) is 9.53 Å². The highest BCUT2D eigenvalue weighted by Gasteiger charge is 2.11. The highest BCUT2D eigenvalue weighted by atomic mass is 32.2. The van der Waals surface area contributed by atoms with E-state index >= 15 is 0 Å². The topological polar surface area (TPSA) is 94.2 Å². The van der Waals surface area contributed by atoms with Crippen molar-refractivity contribution in [2.24, 2.45) is 0 Å². The van der Waals surface area contributed by atoms with Gasteiger partial charge in [0.25, 0.3) is 0 Å². The van der Waals surface area contributed by atoms with Gasteiger partial charge < -0.3 is 15.4 Å². The van der Waals surface area contributed by atoms with Crippen molar-refractivity contribution in [2.75, 3.05) is 36.6 Å². The molecule has 0 radical (unpaired) electrons. The highest BCUT2D eigenvalue weighted by molar-refractivity contribution is 7.99. The van der Waals surface area contributed by atoms with Gasteiger partial charge in [-0.2, -0.15) is 15.0 Å². The number of thioether (sulfide) groups is 1. The van der Waals surface area contributed by atoms with E-state index in [-0.39, 0.29) is 17.7 Å². The summed E-state index contributed by atoms with van der Waals surface area (Å²) >= 11 is 1.18. The normalized spacial score (nSPS) is 10.2.